The zero-order valence-corrected chi connectivity index (χ0v) is 11.2. The predicted molar refractivity (Wildman–Crippen MR) is 73.7 cm³/mol. The van der Waals surface area contributed by atoms with Gasteiger partial charge in [0.05, 0.1) is 6.10 Å². The van der Waals surface area contributed by atoms with Gasteiger partial charge in [-0.25, -0.2) is 0 Å². The summed E-state index contributed by atoms with van der Waals surface area (Å²) in [5.41, 5.74) is 2.87. The van der Waals surface area contributed by atoms with Gasteiger partial charge in [-0.2, -0.15) is 0 Å². The summed E-state index contributed by atoms with van der Waals surface area (Å²) in [4.78, 5) is 12.0. The lowest BCUT2D eigenvalue weighted by atomic mass is 9.65. The molecule has 2 bridgehead atoms. The van der Waals surface area contributed by atoms with Gasteiger partial charge in [-0.05, 0) is 36.5 Å². The fraction of sp³-hybridized carbons (Fsp3) is 0.588. The van der Waals surface area contributed by atoms with Crippen LogP contribution in [0.5, 0.6) is 0 Å². The molecule has 2 atom stereocenters. The number of ketones is 1. The van der Waals surface area contributed by atoms with Crippen molar-refractivity contribution < 1.29 is 9.53 Å². The van der Waals surface area contributed by atoms with Crippen LogP contribution in [0.1, 0.15) is 44.9 Å². The van der Waals surface area contributed by atoms with Gasteiger partial charge in [-0.15, -0.1) is 0 Å². The Labute approximate surface area is 114 Å². The fourth-order valence-corrected chi connectivity index (χ4v) is 4.42. The number of allylic oxidation sites excluding steroid dienone is 2. The van der Waals surface area contributed by atoms with Gasteiger partial charge in [-0.1, -0.05) is 43.9 Å². The number of rotatable bonds is 0. The molecular formula is C17H20O2. The van der Waals surface area contributed by atoms with Gasteiger partial charge in [0.1, 0.15) is 6.10 Å². The molecule has 0 unspecified atom stereocenters. The summed E-state index contributed by atoms with van der Waals surface area (Å²) in [6, 6.07) is 0. The van der Waals surface area contributed by atoms with E-state index >= 15 is 0 Å². The molecule has 0 amide bonds. The molecular weight excluding hydrogens is 236 g/mol. The molecule has 19 heavy (non-hydrogen) atoms. The molecule has 0 radical (unpaired) electrons. The number of fused-ring (bicyclic) bond motifs is 5. The monoisotopic (exact) mass is 256 g/mol. The molecule has 2 heterocycles. The van der Waals surface area contributed by atoms with Crippen LogP contribution < -0.4 is 0 Å². The van der Waals surface area contributed by atoms with E-state index in [0.717, 1.165) is 6.42 Å². The van der Waals surface area contributed by atoms with E-state index in [1.165, 1.54) is 49.7 Å². The van der Waals surface area contributed by atoms with E-state index < -0.39 is 0 Å². The summed E-state index contributed by atoms with van der Waals surface area (Å²) in [6.45, 7) is 0. The Hall–Kier alpha value is -1.15. The summed E-state index contributed by atoms with van der Waals surface area (Å²) < 4.78 is 6.16. The molecule has 1 spiro atoms. The zero-order chi connectivity index (χ0) is 12.9. The fourth-order valence-electron chi connectivity index (χ4n) is 4.42. The minimum atomic E-state index is -0.283. The third kappa shape index (κ3) is 1.56. The smallest absolute Gasteiger partial charge is 0.188 e. The maximum Gasteiger partial charge on any atom is 0.188 e. The first-order chi connectivity index (χ1) is 9.31. The van der Waals surface area contributed by atoms with Gasteiger partial charge >= 0.3 is 0 Å². The van der Waals surface area contributed by atoms with Gasteiger partial charge in [0.2, 0.25) is 0 Å². The van der Waals surface area contributed by atoms with Crippen molar-refractivity contribution in [3.05, 3.63) is 35.5 Å². The molecule has 4 rings (SSSR count). The van der Waals surface area contributed by atoms with Crippen LogP contribution in [-0.2, 0) is 9.53 Å². The summed E-state index contributed by atoms with van der Waals surface area (Å²) in [5, 5.41) is 0. The summed E-state index contributed by atoms with van der Waals surface area (Å²) in [6.07, 6.45) is 16.7. The topological polar surface area (TPSA) is 26.3 Å². The van der Waals surface area contributed by atoms with Gasteiger partial charge in [0.15, 0.2) is 5.78 Å². The number of carbonyl (C=O) groups excluding carboxylic acids is 1. The molecule has 0 saturated heterocycles. The maximum absolute atomic E-state index is 12.0. The SMILES string of the molecule is O=C1C=C[C@H]2O[C@@H]1C1=C(C=CC1)C21CCCCCC1. The molecule has 1 saturated carbocycles. The van der Waals surface area contributed by atoms with Crippen LogP contribution in [0.3, 0.4) is 0 Å². The number of hydrogen-bond donors (Lipinski definition) is 0. The standard InChI is InChI=1S/C17H20O2/c18-14-8-9-15-17(10-3-1-2-4-11-17)13-7-5-6-12(13)16(14)19-15/h5,7-9,15-16H,1-4,6,10-11H2/t15-,16-/m1/s1. The molecule has 4 aliphatic rings. The van der Waals surface area contributed by atoms with Crippen LogP contribution in [0, 0.1) is 5.41 Å². The minimum Gasteiger partial charge on any atom is -0.357 e. The highest BCUT2D eigenvalue weighted by molar-refractivity contribution is 5.97. The third-order valence-corrected chi connectivity index (χ3v) is 5.34. The van der Waals surface area contributed by atoms with Crippen molar-refractivity contribution >= 4 is 5.78 Å². The largest absolute Gasteiger partial charge is 0.357 e. The normalized spacial score (nSPS) is 35.7. The van der Waals surface area contributed by atoms with Crippen LogP contribution in [0.4, 0.5) is 0 Å². The van der Waals surface area contributed by atoms with Crippen LogP contribution in [-0.4, -0.2) is 18.0 Å². The zero-order valence-electron chi connectivity index (χ0n) is 11.2. The Morgan fingerprint density at radius 1 is 1.11 bits per heavy atom. The van der Waals surface area contributed by atoms with Crippen LogP contribution in [0.15, 0.2) is 35.5 Å². The quantitative estimate of drug-likeness (QED) is 0.663. The Morgan fingerprint density at radius 3 is 2.68 bits per heavy atom. The van der Waals surface area contributed by atoms with Crippen molar-refractivity contribution in [1.29, 1.82) is 0 Å². The molecule has 100 valence electrons. The van der Waals surface area contributed by atoms with Crippen molar-refractivity contribution in [2.45, 2.75) is 57.2 Å². The number of ether oxygens (including phenoxy) is 1. The summed E-state index contributed by atoms with van der Waals surface area (Å²) >= 11 is 0. The van der Waals surface area contributed by atoms with E-state index in [0.29, 0.717) is 0 Å². The van der Waals surface area contributed by atoms with Crippen molar-refractivity contribution in [1.82, 2.24) is 0 Å². The van der Waals surface area contributed by atoms with Gasteiger partial charge in [0.25, 0.3) is 0 Å². The van der Waals surface area contributed by atoms with Gasteiger partial charge in [0, 0.05) is 5.41 Å². The van der Waals surface area contributed by atoms with Crippen LogP contribution in [0.2, 0.25) is 0 Å². The lowest BCUT2D eigenvalue weighted by Gasteiger charge is -2.47. The van der Waals surface area contributed by atoms with E-state index in [1.807, 2.05) is 6.08 Å². The Kier molecular flexibility index (Phi) is 2.56. The summed E-state index contributed by atoms with van der Waals surface area (Å²) in [7, 11) is 0. The van der Waals surface area contributed by atoms with E-state index in [-0.39, 0.29) is 23.4 Å². The predicted octanol–water partition coefficient (Wildman–Crippen LogP) is 3.49. The van der Waals surface area contributed by atoms with E-state index in [9.17, 15) is 4.79 Å². The second kappa shape index (κ2) is 4.17. The molecule has 2 nitrogen and oxygen atoms in total. The third-order valence-electron chi connectivity index (χ3n) is 5.34. The van der Waals surface area contributed by atoms with Gasteiger partial charge < -0.3 is 4.74 Å². The van der Waals surface area contributed by atoms with E-state index in [4.69, 9.17) is 4.74 Å². The molecule has 0 N–H and O–H groups in total. The number of hydrogen-bond acceptors (Lipinski definition) is 2. The Balaban J connectivity index is 1.85. The van der Waals surface area contributed by atoms with E-state index in [2.05, 4.69) is 12.2 Å². The molecule has 0 aromatic rings. The lowest BCUT2D eigenvalue weighted by molar-refractivity contribution is -0.134. The Bertz CT molecular complexity index is 501. The van der Waals surface area contributed by atoms with Crippen molar-refractivity contribution in [2.75, 3.05) is 0 Å². The molecule has 2 aliphatic heterocycles. The van der Waals surface area contributed by atoms with Crippen LogP contribution in [0.25, 0.3) is 0 Å². The van der Waals surface area contributed by atoms with Gasteiger partial charge in [-0.3, -0.25) is 4.79 Å². The minimum absolute atomic E-state index is 0.120. The van der Waals surface area contributed by atoms with Crippen molar-refractivity contribution in [2.24, 2.45) is 5.41 Å². The molecule has 0 aromatic carbocycles. The maximum atomic E-state index is 12.0. The average molecular weight is 256 g/mol. The highest BCUT2D eigenvalue weighted by atomic mass is 16.5. The molecule has 2 heteroatoms. The second-order valence-corrected chi connectivity index (χ2v) is 6.31. The average Bonchev–Trinajstić information content (AvgIpc) is 2.79. The van der Waals surface area contributed by atoms with Crippen molar-refractivity contribution in [3.63, 3.8) is 0 Å². The van der Waals surface area contributed by atoms with Crippen LogP contribution >= 0.6 is 0 Å². The molecule has 2 aliphatic carbocycles. The first kappa shape index (κ1) is 11.7. The first-order valence-corrected chi connectivity index (χ1v) is 7.59. The molecule has 1 fully saturated rings. The highest BCUT2D eigenvalue weighted by Gasteiger charge is 2.50. The summed E-state index contributed by atoms with van der Waals surface area (Å²) in [5.74, 6) is 0.135. The molecule has 0 aromatic heterocycles. The van der Waals surface area contributed by atoms with Crippen molar-refractivity contribution in [3.8, 4) is 0 Å². The highest BCUT2D eigenvalue weighted by Crippen LogP contribution is 2.54. The first-order valence-electron chi connectivity index (χ1n) is 7.59. The van der Waals surface area contributed by atoms with E-state index in [1.54, 1.807) is 6.08 Å². The number of carbonyl (C=O) groups is 1. The lowest BCUT2D eigenvalue weighted by Crippen LogP contribution is -2.49. The Morgan fingerprint density at radius 2 is 1.89 bits per heavy atom. The second-order valence-electron chi connectivity index (χ2n) is 6.31.